The molecule has 0 saturated carbocycles. The Morgan fingerprint density at radius 1 is 0.889 bits per heavy atom. The molecular formula is C19H20N4O4. The fourth-order valence-electron chi connectivity index (χ4n) is 3.18. The molecule has 0 aliphatic rings. The van der Waals surface area contributed by atoms with Gasteiger partial charge in [0.2, 0.25) is 0 Å². The summed E-state index contributed by atoms with van der Waals surface area (Å²) in [7, 11) is 0. The van der Waals surface area contributed by atoms with Crippen LogP contribution in [0.2, 0.25) is 0 Å². The summed E-state index contributed by atoms with van der Waals surface area (Å²) < 4.78 is 0. The number of nitro groups is 2. The monoisotopic (exact) mass is 368 g/mol. The van der Waals surface area contributed by atoms with Crippen molar-refractivity contribution < 1.29 is 9.85 Å². The highest BCUT2D eigenvalue weighted by atomic mass is 16.6. The molecule has 0 aliphatic carbocycles. The number of rotatable bonds is 5. The number of hydrogen-bond acceptors (Lipinski definition) is 4. The second kappa shape index (κ2) is 6.71. The zero-order valence-electron chi connectivity index (χ0n) is 15.2. The molecule has 0 radical (unpaired) electrons. The van der Waals surface area contributed by atoms with Gasteiger partial charge in [-0.15, -0.1) is 0 Å². The van der Waals surface area contributed by atoms with Gasteiger partial charge in [-0.25, -0.2) is 0 Å². The minimum atomic E-state index is -0.690. The first-order valence-electron chi connectivity index (χ1n) is 8.44. The fraction of sp³-hybridized carbons (Fsp3) is 0.263. The second-order valence-corrected chi connectivity index (χ2v) is 7.38. The van der Waals surface area contributed by atoms with Crippen molar-refractivity contribution in [1.82, 2.24) is 9.97 Å². The van der Waals surface area contributed by atoms with Crippen molar-refractivity contribution in [2.75, 3.05) is 0 Å². The van der Waals surface area contributed by atoms with Crippen molar-refractivity contribution in [1.29, 1.82) is 0 Å². The molecule has 2 heterocycles. The Kier molecular flexibility index (Phi) is 4.57. The van der Waals surface area contributed by atoms with E-state index in [2.05, 4.69) is 9.97 Å². The van der Waals surface area contributed by atoms with Crippen molar-refractivity contribution in [3.63, 3.8) is 0 Å². The molecule has 0 atom stereocenters. The van der Waals surface area contributed by atoms with E-state index in [1.54, 1.807) is 36.7 Å². The smallest absolute Gasteiger partial charge is 0.280 e. The van der Waals surface area contributed by atoms with Crippen LogP contribution in [0.4, 0.5) is 11.4 Å². The lowest BCUT2D eigenvalue weighted by Crippen LogP contribution is -2.16. The van der Waals surface area contributed by atoms with E-state index >= 15 is 0 Å². The van der Waals surface area contributed by atoms with Gasteiger partial charge in [0.15, 0.2) is 0 Å². The van der Waals surface area contributed by atoms with Crippen LogP contribution in [0.25, 0.3) is 0 Å². The lowest BCUT2D eigenvalue weighted by Gasteiger charge is -2.21. The third-order valence-corrected chi connectivity index (χ3v) is 4.55. The van der Waals surface area contributed by atoms with Crippen molar-refractivity contribution in [3.05, 3.63) is 91.5 Å². The van der Waals surface area contributed by atoms with Gasteiger partial charge in [-0.05, 0) is 35.2 Å². The maximum atomic E-state index is 11.9. The van der Waals surface area contributed by atoms with Crippen LogP contribution in [-0.4, -0.2) is 19.8 Å². The van der Waals surface area contributed by atoms with Gasteiger partial charge < -0.3 is 9.97 Å². The topological polar surface area (TPSA) is 118 Å². The third-order valence-electron chi connectivity index (χ3n) is 4.55. The summed E-state index contributed by atoms with van der Waals surface area (Å²) in [5.41, 5.74) is 0.873. The Labute approximate surface area is 155 Å². The lowest BCUT2D eigenvalue weighted by molar-refractivity contribution is -0.395. The summed E-state index contributed by atoms with van der Waals surface area (Å²) in [4.78, 5) is 28.7. The Morgan fingerprint density at radius 2 is 1.33 bits per heavy atom. The zero-order chi connectivity index (χ0) is 19.8. The van der Waals surface area contributed by atoms with Crippen LogP contribution in [0.5, 0.6) is 0 Å². The third kappa shape index (κ3) is 3.46. The van der Waals surface area contributed by atoms with Gasteiger partial charge in [-0.3, -0.25) is 20.2 Å². The normalized spacial score (nSPS) is 11.7. The van der Waals surface area contributed by atoms with E-state index in [1.165, 1.54) is 12.1 Å². The van der Waals surface area contributed by atoms with E-state index in [0.29, 0.717) is 17.0 Å². The number of nitro benzene ring substituents is 2. The van der Waals surface area contributed by atoms with Gasteiger partial charge in [0.1, 0.15) is 5.56 Å². The molecule has 0 bridgehead atoms. The van der Waals surface area contributed by atoms with Crippen LogP contribution in [0.1, 0.15) is 49.2 Å². The molecule has 0 amide bonds. The SMILES string of the molecule is CC(C)(C)c1cc([N+](=O)[O-])c(C(c2ccc[nH]2)c2ccc[nH]2)c([N+](=O)[O-])c1. The van der Waals surface area contributed by atoms with Crippen LogP contribution >= 0.6 is 0 Å². The first-order valence-corrected chi connectivity index (χ1v) is 8.44. The molecule has 27 heavy (non-hydrogen) atoms. The maximum Gasteiger partial charge on any atom is 0.280 e. The molecule has 140 valence electrons. The summed E-state index contributed by atoms with van der Waals surface area (Å²) in [6.07, 6.45) is 3.37. The predicted octanol–water partition coefficient (Wildman–Crippen LogP) is 4.64. The van der Waals surface area contributed by atoms with E-state index in [1.807, 2.05) is 20.8 Å². The first kappa shape index (κ1) is 18.4. The molecule has 0 fully saturated rings. The van der Waals surface area contributed by atoms with E-state index in [9.17, 15) is 20.2 Å². The van der Waals surface area contributed by atoms with E-state index in [4.69, 9.17) is 0 Å². The van der Waals surface area contributed by atoms with Crippen molar-refractivity contribution in [2.45, 2.75) is 32.1 Å². The van der Waals surface area contributed by atoms with Gasteiger partial charge in [0.25, 0.3) is 11.4 Å². The van der Waals surface area contributed by atoms with Crippen LogP contribution in [0, 0.1) is 20.2 Å². The van der Waals surface area contributed by atoms with Crippen molar-refractivity contribution in [3.8, 4) is 0 Å². The second-order valence-electron chi connectivity index (χ2n) is 7.38. The van der Waals surface area contributed by atoms with Crippen LogP contribution in [0.15, 0.2) is 48.8 Å². The molecule has 8 heteroatoms. The summed E-state index contributed by atoms with van der Waals surface area (Å²) in [6.45, 7) is 5.59. The molecule has 3 aromatic rings. The van der Waals surface area contributed by atoms with Crippen LogP contribution in [-0.2, 0) is 5.41 Å². The molecule has 2 aromatic heterocycles. The summed E-state index contributed by atoms with van der Waals surface area (Å²) in [5, 5.41) is 23.8. The van der Waals surface area contributed by atoms with E-state index in [-0.39, 0.29) is 16.9 Å². The summed E-state index contributed by atoms with van der Waals surface area (Å²) in [5.74, 6) is -0.690. The average molecular weight is 368 g/mol. The Hall–Kier alpha value is -3.42. The minimum Gasteiger partial charge on any atom is -0.364 e. The van der Waals surface area contributed by atoms with Crippen molar-refractivity contribution >= 4 is 11.4 Å². The Bertz CT molecular complexity index is 901. The molecular weight excluding hydrogens is 348 g/mol. The molecule has 2 N–H and O–H groups in total. The zero-order valence-corrected chi connectivity index (χ0v) is 15.2. The fourth-order valence-corrected chi connectivity index (χ4v) is 3.18. The summed E-state index contributed by atoms with van der Waals surface area (Å²) in [6, 6.07) is 9.93. The Morgan fingerprint density at radius 3 is 1.63 bits per heavy atom. The molecule has 1 aromatic carbocycles. The number of aromatic nitrogens is 2. The highest BCUT2D eigenvalue weighted by molar-refractivity contribution is 5.63. The highest BCUT2D eigenvalue weighted by Crippen LogP contribution is 2.43. The van der Waals surface area contributed by atoms with Gasteiger partial charge >= 0.3 is 0 Å². The molecule has 8 nitrogen and oxygen atoms in total. The van der Waals surface area contributed by atoms with E-state index in [0.717, 1.165) is 0 Å². The van der Waals surface area contributed by atoms with Crippen LogP contribution < -0.4 is 0 Å². The number of nitrogens with one attached hydrogen (secondary N) is 2. The highest BCUT2D eigenvalue weighted by Gasteiger charge is 2.36. The number of nitrogens with zero attached hydrogens (tertiary/aromatic N) is 2. The number of H-pyrrole nitrogens is 2. The Balaban J connectivity index is 2.38. The standard InChI is InChI=1S/C19H20N4O4/c1-19(2,3)12-10-15(22(24)25)18(16(11-12)23(26)27)17(13-6-4-8-20-13)14-7-5-9-21-14/h4-11,17,20-21H,1-3H3. The van der Waals surface area contributed by atoms with Gasteiger partial charge in [-0.2, -0.15) is 0 Å². The van der Waals surface area contributed by atoms with Crippen LogP contribution in [0.3, 0.4) is 0 Å². The number of hydrogen-bond donors (Lipinski definition) is 2. The molecule has 3 rings (SSSR count). The van der Waals surface area contributed by atoms with Crippen molar-refractivity contribution in [2.24, 2.45) is 0 Å². The summed E-state index contributed by atoms with van der Waals surface area (Å²) >= 11 is 0. The number of aromatic amines is 2. The van der Waals surface area contributed by atoms with Gasteiger partial charge in [-0.1, -0.05) is 20.8 Å². The minimum absolute atomic E-state index is 0.0582. The van der Waals surface area contributed by atoms with Gasteiger partial charge in [0.05, 0.1) is 15.8 Å². The quantitative estimate of drug-likeness (QED) is 0.504. The van der Waals surface area contributed by atoms with E-state index < -0.39 is 21.2 Å². The largest absolute Gasteiger partial charge is 0.364 e. The molecule has 0 spiro atoms. The number of benzene rings is 1. The first-order chi connectivity index (χ1) is 12.7. The lowest BCUT2D eigenvalue weighted by atomic mass is 9.82. The molecule has 0 saturated heterocycles. The maximum absolute atomic E-state index is 11.9. The molecule has 0 unspecified atom stereocenters. The average Bonchev–Trinajstić information content (AvgIpc) is 3.27. The van der Waals surface area contributed by atoms with Gasteiger partial charge in [0, 0.05) is 35.9 Å². The molecule has 0 aliphatic heterocycles. The predicted molar refractivity (Wildman–Crippen MR) is 101 cm³/mol.